The highest BCUT2D eigenvalue weighted by Gasteiger charge is 2.19. The van der Waals surface area contributed by atoms with Crippen molar-refractivity contribution in [3.05, 3.63) is 61.5 Å². The van der Waals surface area contributed by atoms with Gasteiger partial charge in [0.2, 0.25) is 0 Å². The zero-order valence-electron chi connectivity index (χ0n) is 13.9. The predicted octanol–water partition coefficient (Wildman–Crippen LogP) is 2.36. The number of hydrogen-bond acceptors (Lipinski definition) is 3. The van der Waals surface area contributed by atoms with E-state index in [1.807, 2.05) is 48.7 Å². The van der Waals surface area contributed by atoms with Gasteiger partial charge in [0.1, 0.15) is 0 Å². The van der Waals surface area contributed by atoms with Crippen LogP contribution in [-0.4, -0.2) is 18.7 Å². The normalized spacial score (nSPS) is 11.5. The lowest BCUT2D eigenvalue weighted by Gasteiger charge is -2.12. The van der Waals surface area contributed by atoms with E-state index in [0.717, 1.165) is 10.1 Å². The summed E-state index contributed by atoms with van der Waals surface area (Å²) in [6.45, 7) is 5.07. The molecule has 0 bridgehead atoms. The molecule has 0 aliphatic rings. The van der Waals surface area contributed by atoms with Crippen LogP contribution in [0.25, 0.3) is 11.2 Å². The second kappa shape index (κ2) is 6.39. The van der Waals surface area contributed by atoms with Gasteiger partial charge in [0.15, 0.2) is 15.9 Å². The third-order valence-electron chi connectivity index (χ3n) is 3.91. The van der Waals surface area contributed by atoms with E-state index >= 15 is 0 Å². The van der Waals surface area contributed by atoms with Crippen molar-refractivity contribution in [1.82, 2.24) is 18.7 Å². The van der Waals surface area contributed by atoms with E-state index in [1.54, 1.807) is 4.57 Å². The van der Waals surface area contributed by atoms with Crippen molar-refractivity contribution >= 4 is 27.1 Å². The zero-order valence-corrected chi connectivity index (χ0v) is 15.4. The highest BCUT2D eigenvalue weighted by molar-refractivity contribution is 9.10. The van der Waals surface area contributed by atoms with Crippen LogP contribution in [0.5, 0.6) is 0 Å². The van der Waals surface area contributed by atoms with Crippen LogP contribution >= 0.6 is 15.9 Å². The minimum atomic E-state index is -0.335. The number of halogens is 1. The van der Waals surface area contributed by atoms with Crippen LogP contribution in [0.3, 0.4) is 0 Å². The molecule has 3 rings (SSSR count). The molecule has 0 fully saturated rings. The molecule has 126 valence electrons. The van der Waals surface area contributed by atoms with Gasteiger partial charge in [0.25, 0.3) is 5.56 Å². The summed E-state index contributed by atoms with van der Waals surface area (Å²) in [6, 6.07) is 9.84. The van der Waals surface area contributed by atoms with Crippen molar-refractivity contribution in [3.63, 3.8) is 0 Å². The fraction of sp³-hybridized carbons (Fsp3) is 0.353. The Morgan fingerprint density at radius 3 is 2.42 bits per heavy atom. The van der Waals surface area contributed by atoms with Crippen LogP contribution in [0, 0.1) is 5.92 Å². The summed E-state index contributed by atoms with van der Waals surface area (Å²) in [5, 5.41) is 0. The van der Waals surface area contributed by atoms with Crippen molar-refractivity contribution in [3.8, 4) is 0 Å². The van der Waals surface area contributed by atoms with Gasteiger partial charge in [0, 0.05) is 13.6 Å². The van der Waals surface area contributed by atoms with Crippen molar-refractivity contribution in [1.29, 1.82) is 0 Å². The molecule has 0 radical (unpaired) electrons. The second-order valence-corrected chi connectivity index (χ2v) is 6.99. The molecule has 0 unspecified atom stereocenters. The Labute approximate surface area is 147 Å². The van der Waals surface area contributed by atoms with Gasteiger partial charge in [-0.05, 0) is 27.4 Å². The first-order valence-corrected chi connectivity index (χ1v) is 8.59. The molecule has 3 aromatic rings. The minimum Gasteiger partial charge on any atom is -0.308 e. The first kappa shape index (κ1) is 16.7. The van der Waals surface area contributed by atoms with Crippen molar-refractivity contribution in [2.45, 2.75) is 26.9 Å². The Kier molecular flexibility index (Phi) is 4.45. The first-order valence-electron chi connectivity index (χ1n) is 7.79. The molecule has 1 aromatic carbocycles. The van der Waals surface area contributed by atoms with E-state index in [4.69, 9.17) is 0 Å². The SMILES string of the molecule is CC(C)Cn1c(=O)n(C)c(=O)c2c1nc(Br)n2Cc1ccccc1. The molecule has 6 nitrogen and oxygen atoms in total. The minimum absolute atomic E-state index is 0.265. The molecular weight excluding hydrogens is 372 g/mol. The van der Waals surface area contributed by atoms with E-state index < -0.39 is 0 Å². The van der Waals surface area contributed by atoms with E-state index in [9.17, 15) is 9.59 Å². The van der Waals surface area contributed by atoms with E-state index in [-0.39, 0.29) is 17.2 Å². The van der Waals surface area contributed by atoms with E-state index in [2.05, 4.69) is 20.9 Å². The summed E-state index contributed by atoms with van der Waals surface area (Å²) in [7, 11) is 1.51. The molecule has 0 N–H and O–H groups in total. The average molecular weight is 391 g/mol. The smallest absolute Gasteiger partial charge is 0.308 e. The fourth-order valence-electron chi connectivity index (χ4n) is 2.77. The summed E-state index contributed by atoms with van der Waals surface area (Å²) in [4.78, 5) is 29.6. The van der Waals surface area contributed by atoms with Gasteiger partial charge in [-0.3, -0.25) is 13.9 Å². The quantitative estimate of drug-likeness (QED) is 0.642. The number of benzene rings is 1. The highest BCUT2D eigenvalue weighted by atomic mass is 79.9. The van der Waals surface area contributed by atoms with Gasteiger partial charge in [-0.2, -0.15) is 0 Å². The van der Waals surface area contributed by atoms with E-state index in [0.29, 0.717) is 29.0 Å². The van der Waals surface area contributed by atoms with Crippen LogP contribution in [0.4, 0.5) is 0 Å². The summed E-state index contributed by atoms with van der Waals surface area (Å²) in [5.74, 6) is 0.265. The number of imidazole rings is 1. The highest BCUT2D eigenvalue weighted by Crippen LogP contribution is 2.19. The van der Waals surface area contributed by atoms with Crippen molar-refractivity contribution in [2.75, 3.05) is 0 Å². The maximum atomic E-state index is 12.7. The van der Waals surface area contributed by atoms with Gasteiger partial charge < -0.3 is 4.57 Å². The van der Waals surface area contributed by atoms with Crippen LogP contribution in [-0.2, 0) is 20.1 Å². The van der Waals surface area contributed by atoms with Gasteiger partial charge in [-0.1, -0.05) is 44.2 Å². The van der Waals surface area contributed by atoms with Gasteiger partial charge in [-0.15, -0.1) is 0 Å². The Bertz CT molecular complexity index is 999. The molecule has 0 atom stereocenters. The molecule has 0 saturated carbocycles. The summed E-state index contributed by atoms with van der Waals surface area (Å²) in [6.07, 6.45) is 0. The third kappa shape index (κ3) is 2.84. The molecule has 0 aliphatic heterocycles. The number of fused-ring (bicyclic) bond motifs is 1. The van der Waals surface area contributed by atoms with Crippen LogP contribution < -0.4 is 11.2 Å². The number of rotatable bonds is 4. The van der Waals surface area contributed by atoms with E-state index in [1.165, 1.54) is 7.05 Å². The standard InChI is InChI=1S/C17H19BrN4O2/c1-11(2)9-22-14-13(15(23)20(3)17(22)24)21(16(18)19-14)10-12-7-5-4-6-8-12/h4-8,11H,9-10H2,1-3H3. The lowest BCUT2D eigenvalue weighted by molar-refractivity contribution is 0.500. The van der Waals surface area contributed by atoms with Gasteiger partial charge >= 0.3 is 5.69 Å². The summed E-state index contributed by atoms with van der Waals surface area (Å²) in [5.41, 5.74) is 1.26. The maximum absolute atomic E-state index is 12.7. The third-order valence-corrected chi connectivity index (χ3v) is 4.52. The molecule has 7 heteroatoms. The second-order valence-electron chi connectivity index (χ2n) is 6.28. The molecule has 0 spiro atoms. The molecule has 2 aromatic heterocycles. The molecule has 24 heavy (non-hydrogen) atoms. The molecule has 0 aliphatic carbocycles. The largest absolute Gasteiger partial charge is 0.332 e. The van der Waals surface area contributed by atoms with Gasteiger partial charge in [0.05, 0.1) is 6.54 Å². The van der Waals surface area contributed by atoms with Crippen LogP contribution in [0.15, 0.2) is 44.7 Å². The summed E-state index contributed by atoms with van der Waals surface area (Å²) >= 11 is 3.44. The molecule has 2 heterocycles. The predicted molar refractivity (Wildman–Crippen MR) is 97.3 cm³/mol. The Balaban J connectivity index is 2.29. The Morgan fingerprint density at radius 1 is 1.12 bits per heavy atom. The molecule has 0 amide bonds. The van der Waals surface area contributed by atoms with Crippen LogP contribution in [0.1, 0.15) is 19.4 Å². The monoisotopic (exact) mass is 390 g/mol. The number of aromatic nitrogens is 4. The zero-order chi connectivity index (χ0) is 17.4. The van der Waals surface area contributed by atoms with Gasteiger partial charge in [-0.25, -0.2) is 9.78 Å². The fourth-order valence-corrected chi connectivity index (χ4v) is 3.24. The lowest BCUT2D eigenvalue weighted by atomic mass is 10.2. The number of hydrogen-bond donors (Lipinski definition) is 0. The first-order chi connectivity index (χ1) is 11.4. The lowest BCUT2D eigenvalue weighted by Crippen LogP contribution is -2.39. The van der Waals surface area contributed by atoms with Crippen LogP contribution in [0.2, 0.25) is 0 Å². The molecule has 0 saturated heterocycles. The van der Waals surface area contributed by atoms with Crippen molar-refractivity contribution < 1.29 is 0 Å². The topological polar surface area (TPSA) is 61.8 Å². The summed E-state index contributed by atoms with van der Waals surface area (Å²) < 4.78 is 5.08. The Morgan fingerprint density at radius 2 is 1.79 bits per heavy atom. The van der Waals surface area contributed by atoms with Crippen molar-refractivity contribution in [2.24, 2.45) is 13.0 Å². The molecular formula is C17H19BrN4O2. The average Bonchev–Trinajstić information content (AvgIpc) is 2.87. The number of nitrogens with zero attached hydrogens (tertiary/aromatic N) is 4. The maximum Gasteiger partial charge on any atom is 0.332 e. The Hall–Kier alpha value is -2.15.